The minimum Gasteiger partial charge on any atom is -0.269 e. The Morgan fingerprint density at radius 1 is 0.700 bits per heavy atom. The molecule has 1 aliphatic heterocycles. The molecule has 0 bridgehead atoms. The first-order chi connectivity index (χ1) is 14.7. The average molecular weight is 400 g/mol. The summed E-state index contributed by atoms with van der Waals surface area (Å²) in [4.78, 5) is 27.6. The molecular weight excluding hydrogens is 370 g/mol. The second kappa shape index (κ2) is 9.82. The molecule has 0 radical (unpaired) electrons. The number of rotatable bonds is 2. The molecule has 1 aromatic rings. The zero-order valence-electron chi connectivity index (χ0n) is 17.6. The molecule has 0 atom stereocenters. The molecule has 0 N–H and O–H groups in total. The van der Waals surface area contributed by atoms with Crippen LogP contribution in [0.5, 0.6) is 0 Å². The van der Waals surface area contributed by atoms with Gasteiger partial charge in [-0.15, -0.1) is 0 Å². The molecule has 3 aliphatic rings. The van der Waals surface area contributed by atoms with Gasteiger partial charge in [0.1, 0.15) is 11.1 Å². The number of benzene rings is 1. The van der Waals surface area contributed by atoms with Crippen LogP contribution >= 0.6 is 0 Å². The van der Waals surface area contributed by atoms with Crippen LogP contribution < -0.4 is 0 Å². The molecule has 30 heavy (non-hydrogen) atoms. The van der Waals surface area contributed by atoms with Crippen molar-refractivity contribution in [3.8, 4) is 23.7 Å². The molecule has 0 unspecified atom stereocenters. The van der Waals surface area contributed by atoms with Gasteiger partial charge in [-0.3, -0.25) is 14.5 Å². The third-order valence-electron chi connectivity index (χ3n) is 6.36. The van der Waals surface area contributed by atoms with Crippen LogP contribution in [0.25, 0.3) is 0 Å². The van der Waals surface area contributed by atoms with E-state index in [9.17, 15) is 9.59 Å². The van der Waals surface area contributed by atoms with Gasteiger partial charge in [-0.05, 0) is 31.2 Å². The van der Waals surface area contributed by atoms with Gasteiger partial charge in [0, 0.05) is 11.8 Å². The molecule has 0 saturated heterocycles. The number of nitrogens with zero attached hydrogens (tertiary/aromatic N) is 1. The van der Waals surface area contributed by atoms with E-state index < -0.39 is 0 Å². The minimum absolute atomic E-state index is 0.266. The fraction of sp³-hybridized carbons (Fsp3) is 0.481. The van der Waals surface area contributed by atoms with Crippen LogP contribution in [0, 0.1) is 35.5 Å². The fourth-order valence-electron chi connectivity index (χ4n) is 4.56. The lowest BCUT2D eigenvalue weighted by Crippen LogP contribution is -2.31. The molecule has 0 aromatic heterocycles. The van der Waals surface area contributed by atoms with Crippen LogP contribution in [0.15, 0.2) is 41.5 Å². The highest BCUT2D eigenvalue weighted by Crippen LogP contribution is 2.27. The third-order valence-corrected chi connectivity index (χ3v) is 6.36. The SMILES string of the molecule is O=C1C(C#CC2CCCCC2)=C(C#CC2CCCCC2)C(=O)N1Cc1ccccc1. The van der Waals surface area contributed by atoms with Gasteiger partial charge in [-0.1, -0.05) is 92.5 Å². The zero-order valence-corrected chi connectivity index (χ0v) is 17.6. The lowest BCUT2D eigenvalue weighted by atomic mass is 9.89. The van der Waals surface area contributed by atoms with Crippen molar-refractivity contribution in [2.24, 2.45) is 11.8 Å². The van der Waals surface area contributed by atoms with Crippen LogP contribution in [0.2, 0.25) is 0 Å². The lowest BCUT2D eigenvalue weighted by Gasteiger charge is -2.15. The van der Waals surface area contributed by atoms with E-state index in [0.29, 0.717) is 23.0 Å². The zero-order chi connectivity index (χ0) is 20.8. The van der Waals surface area contributed by atoms with Crippen LogP contribution in [0.3, 0.4) is 0 Å². The van der Waals surface area contributed by atoms with Crippen LogP contribution in [-0.2, 0) is 16.1 Å². The molecule has 3 heteroatoms. The first-order valence-corrected chi connectivity index (χ1v) is 11.4. The molecule has 1 aromatic carbocycles. The second-order valence-corrected chi connectivity index (χ2v) is 8.64. The number of amides is 2. The number of hydrogen-bond donors (Lipinski definition) is 0. The van der Waals surface area contributed by atoms with Gasteiger partial charge in [-0.2, -0.15) is 0 Å². The molecular formula is C27H29NO2. The molecule has 2 amide bonds. The summed E-state index contributed by atoms with van der Waals surface area (Å²) in [5.74, 6) is 12.8. The van der Waals surface area contributed by atoms with Crippen molar-refractivity contribution in [3.05, 3.63) is 47.0 Å². The molecule has 0 spiro atoms. The first kappa shape index (κ1) is 20.5. The lowest BCUT2D eigenvalue weighted by molar-refractivity contribution is -0.137. The van der Waals surface area contributed by atoms with Gasteiger partial charge < -0.3 is 0 Å². The van der Waals surface area contributed by atoms with Gasteiger partial charge in [-0.25, -0.2) is 0 Å². The normalized spacial score (nSPS) is 20.6. The minimum atomic E-state index is -0.292. The van der Waals surface area contributed by atoms with Crippen molar-refractivity contribution in [3.63, 3.8) is 0 Å². The van der Waals surface area contributed by atoms with E-state index in [1.807, 2.05) is 30.3 Å². The summed E-state index contributed by atoms with van der Waals surface area (Å²) in [5.41, 5.74) is 1.55. The molecule has 154 valence electrons. The summed E-state index contributed by atoms with van der Waals surface area (Å²) in [6.45, 7) is 0.266. The maximum absolute atomic E-state index is 13.1. The Hall–Kier alpha value is -2.78. The number of carbonyl (C=O) groups excluding carboxylic acids is 2. The van der Waals surface area contributed by atoms with E-state index in [0.717, 1.165) is 31.2 Å². The highest BCUT2D eigenvalue weighted by Gasteiger charge is 2.37. The largest absolute Gasteiger partial charge is 0.271 e. The molecule has 2 fully saturated rings. The Morgan fingerprint density at radius 3 is 1.63 bits per heavy atom. The van der Waals surface area contributed by atoms with Crippen molar-refractivity contribution in [1.29, 1.82) is 0 Å². The molecule has 1 heterocycles. The van der Waals surface area contributed by atoms with E-state index >= 15 is 0 Å². The smallest absolute Gasteiger partial charge is 0.269 e. The van der Waals surface area contributed by atoms with Gasteiger partial charge in [0.2, 0.25) is 0 Å². The summed E-state index contributed by atoms with van der Waals surface area (Å²) < 4.78 is 0. The highest BCUT2D eigenvalue weighted by atomic mass is 16.2. The Labute approximate surface area is 179 Å². The summed E-state index contributed by atoms with van der Waals surface area (Å²) >= 11 is 0. The molecule has 4 rings (SSSR count). The monoisotopic (exact) mass is 399 g/mol. The predicted octanol–water partition coefficient (Wildman–Crippen LogP) is 5.02. The van der Waals surface area contributed by atoms with E-state index in [1.54, 1.807) is 0 Å². The van der Waals surface area contributed by atoms with E-state index in [2.05, 4.69) is 23.7 Å². The maximum Gasteiger partial charge on any atom is 0.271 e. The van der Waals surface area contributed by atoms with Crippen LogP contribution in [0.1, 0.15) is 69.8 Å². The third kappa shape index (κ3) is 4.85. The summed E-state index contributed by atoms with van der Waals surface area (Å²) in [7, 11) is 0. The molecule has 2 saturated carbocycles. The van der Waals surface area contributed by atoms with Gasteiger partial charge in [0.25, 0.3) is 11.8 Å². The van der Waals surface area contributed by atoms with Crippen molar-refractivity contribution in [2.75, 3.05) is 0 Å². The van der Waals surface area contributed by atoms with E-state index in [4.69, 9.17) is 0 Å². The van der Waals surface area contributed by atoms with Crippen molar-refractivity contribution >= 4 is 11.8 Å². The standard InChI is InChI=1S/C27H29NO2/c29-26-24(18-16-21-10-4-1-5-11-21)25(19-17-22-12-6-2-7-13-22)27(30)28(26)20-23-14-8-3-9-15-23/h3,8-9,14-15,21-22H,1-2,4-7,10-13,20H2. The Kier molecular flexibility index (Phi) is 6.70. The number of imide groups is 1. The van der Waals surface area contributed by atoms with Crippen molar-refractivity contribution in [1.82, 2.24) is 4.90 Å². The topological polar surface area (TPSA) is 37.4 Å². The summed E-state index contributed by atoms with van der Waals surface area (Å²) in [5, 5.41) is 0. The summed E-state index contributed by atoms with van der Waals surface area (Å²) in [6.07, 6.45) is 11.6. The fourth-order valence-corrected chi connectivity index (χ4v) is 4.56. The maximum atomic E-state index is 13.1. The second-order valence-electron chi connectivity index (χ2n) is 8.64. The highest BCUT2D eigenvalue weighted by molar-refractivity contribution is 6.23. The Bertz CT molecular complexity index is 881. The average Bonchev–Trinajstić information content (AvgIpc) is 3.02. The van der Waals surface area contributed by atoms with Gasteiger partial charge in [0.15, 0.2) is 0 Å². The van der Waals surface area contributed by atoms with Crippen LogP contribution in [0.4, 0.5) is 0 Å². The Balaban J connectivity index is 1.61. The summed E-state index contributed by atoms with van der Waals surface area (Å²) in [6, 6.07) is 9.62. The molecule has 3 nitrogen and oxygen atoms in total. The van der Waals surface area contributed by atoms with Crippen molar-refractivity contribution in [2.45, 2.75) is 70.8 Å². The number of hydrogen-bond acceptors (Lipinski definition) is 2. The quantitative estimate of drug-likeness (QED) is 0.517. The Morgan fingerprint density at radius 2 is 1.17 bits per heavy atom. The van der Waals surface area contributed by atoms with E-state index in [-0.39, 0.29) is 18.4 Å². The van der Waals surface area contributed by atoms with Crippen LogP contribution in [-0.4, -0.2) is 16.7 Å². The molecule has 2 aliphatic carbocycles. The first-order valence-electron chi connectivity index (χ1n) is 11.4. The van der Waals surface area contributed by atoms with E-state index in [1.165, 1.54) is 43.4 Å². The van der Waals surface area contributed by atoms with Gasteiger partial charge in [0.05, 0.1) is 6.54 Å². The predicted molar refractivity (Wildman–Crippen MR) is 118 cm³/mol. The van der Waals surface area contributed by atoms with Crippen molar-refractivity contribution < 1.29 is 9.59 Å². The number of carbonyl (C=O) groups is 2. The van der Waals surface area contributed by atoms with Gasteiger partial charge >= 0.3 is 0 Å².